The van der Waals surface area contributed by atoms with E-state index in [4.69, 9.17) is 0 Å². The molecule has 100 valence electrons. The molecule has 10 heteroatoms. The molecule has 0 bridgehead atoms. The smallest absolute Gasteiger partial charge is 0.353 e. The van der Waals surface area contributed by atoms with Crippen molar-refractivity contribution in [2.24, 2.45) is 0 Å². The molecule has 18 heavy (non-hydrogen) atoms. The number of hydrogen-bond donors (Lipinski definition) is 2. The van der Waals surface area contributed by atoms with Crippen LogP contribution >= 0.6 is 0 Å². The number of nitrogens with one attached hydrogen (secondary N) is 2. The Morgan fingerprint density at radius 1 is 1.39 bits per heavy atom. The first-order chi connectivity index (χ1) is 8.35. The summed E-state index contributed by atoms with van der Waals surface area (Å²) in [5, 5.41) is 16.1. The number of nitro groups is 1. The molecule has 0 radical (unpaired) electrons. The van der Waals surface area contributed by atoms with Crippen LogP contribution in [-0.2, 0) is 9.84 Å². The number of hydrogen-bond acceptors (Lipinski definition) is 8. The summed E-state index contributed by atoms with van der Waals surface area (Å²) < 4.78 is 21.9. The van der Waals surface area contributed by atoms with Crippen LogP contribution in [0.15, 0.2) is 6.33 Å². The highest BCUT2D eigenvalue weighted by Crippen LogP contribution is 2.27. The van der Waals surface area contributed by atoms with E-state index in [-0.39, 0.29) is 29.6 Å². The predicted molar refractivity (Wildman–Crippen MR) is 66.4 cm³/mol. The molecule has 0 amide bonds. The van der Waals surface area contributed by atoms with E-state index >= 15 is 0 Å². The van der Waals surface area contributed by atoms with Crippen LogP contribution in [0.5, 0.6) is 0 Å². The zero-order valence-electron chi connectivity index (χ0n) is 9.87. The molecule has 0 unspecified atom stereocenters. The molecule has 0 fully saturated rings. The number of anilines is 2. The van der Waals surface area contributed by atoms with Crippen LogP contribution in [0, 0.1) is 10.1 Å². The lowest BCUT2D eigenvalue weighted by Gasteiger charge is -2.07. The average molecular weight is 275 g/mol. The molecule has 9 nitrogen and oxygen atoms in total. The third kappa shape index (κ3) is 3.80. The van der Waals surface area contributed by atoms with Gasteiger partial charge in [0.1, 0.15) is 16.2 Å². The Morgan fingerprint density at radius 2 is 2.00 bits per heavy atom. The van der Waals surface area contributed by atoms with Crippen LogP contribution in [0.25, 0.3) is 0 Å². The highest BCUT2D eigenvalue weighted by molar-refractivity contribution is 7.90. The quantitative estimate of drug-likeness (QED) is 0.543. The first-order valence-electron chi connectivity index (χ1n) is 4.94. The third-order valence-electron chi connectivity index (χ3n) is 2.01. The molecule has 2 N–H and O–H groups in total. The first kappa shape index (κ1) is 14.1. The topological polar surface area (TPSA) is 127 Å². The second-order valence-corrected chi connectivity index (χ2v) is 5.74. The van der Waals surface area contributed by atoms with Crippen LogP contribution in [-0.4, -0.2) is 48.9 Å². The molecule has 1 aromatic heterocycles. The van der Waals surface area contributed by atoms with E-state index in [0.29, 0.717) is 0 Å². The Hall–Kier alpha value is -1.97. The SMILES string of the molecule is CNc1ncnc(NCCS(C)(=O)=O)c1[N+](=O)[O-]. The minimum absolute atomic E-state index is 0.0111. The van der Waals surface area contributed by atoms with Gasteiger partial charge in [-0.25, -0.2) is 18.4 Å². The van der Waals surface area contributed by atoms with Gasteiger partial charge in [0.2, 0.25) is 11.6 Å². The van der Waals surface area contributed by atoms with Gasteiger partial charge >= 0.3 is 5.69 Å². The Balaban J connectivity index is 2.92. The second-order valence-electron chi connectivity index (χ2n) is 3.48. The van der Waals surface area contributed by atoms with Crippen molar-refractivity contribution in [1.29, 1.82) is 0 Å². The zero-order valence-corrected chi connectivity index (χ0v) is 10.7. The molecule has 0 aliphatic rings. The van der Waals surface area contributed by atoms with Gasteiger partial charge in [-0.15, -0.1) is 0 Å². The van der Waals surface area contributed by atoms with Crippen LogP contribution in [0.1, 0.15) is 0 Å². The predicted octanol–water partition coefficient (Wildman–Crippen LogP) is -0.117. The Morgan fingerprint density at radius 3 is 2.50 bits per heavy atom. The fraction of sp³-hybridized carbons (Fsp3) is 0.500. The maximum Gasteiger partial charge on any atom is 0.353 e. The van der Waals surface area contributed by atoms with Gasteiger partial charge < -0.3 is 10.6 Å². The summed E-state index contributed by atoms with van der Waals surface area (Å²) >= 11 is 0. The molecule has 0 saturated heterocycles. The van der Waals surface area contributed by atoms with E-state index in [0.717, 1.165) is 12.6 Å². The number of aromatic nitrogens is 2. The van der Waals surface area contributed by atoms with E-state index in [9.17, 15) is 18.5 Å². The number of rotatable bonds is 6. The summed E-state index contributed by atoms with van der Waals surface area (Å²) in [5.41, 5.74) is -0.312. The van der Waals surface area contributed by atoms with Crippen molar-refractivity contribution in [1.82, 2.24) is 9.97 Å². The molecular weight excluding hydrogens is 262 g/mol. The van der Waals surface area contributed by atoms with Crippen LogP contribution in [0.4, 0.5) is 17.3 Å². The highest BCUT2D eigenvalue weighted by atomic mass is 32.2. The summed E-state index contributed by atoms with van der Waals surface area (Å²) in [6, 6.07) is 0. The van der Waals surface area contributed by atoms with Gasteiger partial charge in [0, 0.05) is 19.8 Å². The van der Waals surface area contributed by atoms with E-state index < -0.39 is 14.8 Å². The normalized spacial score (nSPS) is 11.0. The van der Waals surface area contributed by atoms with Gasteiger partial charge in [0.15, 0.2) is 0 Å². The Bertz CT molecular complexity index is 544. The van der Waals surface area contributed by atoms with Crippen LogP contribution in [0.2, 0.25) is 0 Å². The fourth-order valence-corrected chi connectivity index (χ4v) is 1.69. The number of nitrogens with zero attached hydrogens (tertiary/aromatic N) is 3. The van der Waals surface area contributed by atoms with Crippen molar-refractivity contribution >= 4 is 27.2 Å². The lowest BCUT2D eigenvalue weighted by atomic mass is 10.4. The van der Waals surface area contributed by atoms with Gasteiger partial charge in [-0.1, -0.05) is 0 Å². The summed E-state index contributed by atoms with van der Waals surface area (Å²) in [5.74, 6) is -0.0804. The van der Waals surface area contributed by atoms with Crippen molar-refractivity contribution in [3.05, 3.63) is 16.4 Å². The minimum Gasteiger partial charge on any atom is -0.367 e. The van der Waals surface area contributed by atoms with E-state index in [1.165, 1.54) is 7.05 Å². The second kappa shape index (κ2) is 5.58. The summed E-state index contributed by atoms with van der Waals surface area (Å²) in [7, 11) is -1.64. The lowest BCUT2D eigenvalue weighted by molar-refractivity contribution is -0.383. The number of sulfone groups is 1. The Kier molecular flexibility index (Phi) is 4.37. The van der Waals surface area contributed by atoms with Crippen molar-refractivity contribution in [3.8, 4) is 0 Å². The van der Waals surface area contributed by atoms with Crippen molar-refractivity contribution in [2.45, 2.75) is 0 Å². The minimum atomic E-state index is -3.13. The van der Waals surface area contributed by atoms with Crippen molar-refractivity contribution in [3.63, 3.8) is 0 Å². The van der Waals surface area contributed by atoms with Gasteiger partial charge in [0.05, 0.1) is 10.7 Å². The van der Waals surface area contributed by atoms with Gasteiger partial charge in [0.25, 0.3) is 0 Å². The molecule has 0 aliphatic heterocycles. The summed E-state index contributed by atoms with van der Waals surface area (Å²) in [6.07, 6.45) is 2.24. The highest BCUT2D eigenvalue weighted by Gasteiger charge is 2.21. The van der Waals surface area contributed by atoms with Gasteiger partial charge in [-0.3, -0.25) is 10.1 Å². The molecular formula is C8H13N5O4S. The molecule has 0 saturated carbocycles. The van der Waals surface area contributed by atoms with Crippen molar-refractivity contribution in [2.75, 3.05) is 36.2 Å². The van der Waals surface area contributed by atoms with Crippen molar-refractivity contribution < 1.29 is 13.3 Å². The van der Waals surface area contributed by atoms with E-state index in [2.05, 4.69) is 20.6 Å². The standard InChI is InChI=1S/C8H13N5O4S/c1-9-7-6(13(14)15)8(12-5-11-7)10-3-4-18(2,16)17/h5H,3-4H2,1-2H3,(H2,9,10,11,12). The first-order valence-corrected chi connectivity index (χ1v) is 7.00. The maximum absolute atomic E-state index is 10.9. The Labute approximate surface area is 104 Å². The summed E-state index contributed by atoms with van der Waals surface area (Å²) in [4.78, 5) is 17.7. The molecule has 1 heterocycles. The third-order valence-corrected chi connectivity index (χ3v) is 2.95. The molecule has 0 atom stereocenters. The van der Waals surface area contributed by atoms with E-state index in [1.807, 2.05) is 0 Å². The zero-order chi connectivity index (χ0) is 13.8. The van der Waals surface area contributed by atoms with E-state index in [1.54, 1.807) is 0 Å². The lowest BCUT2D eigenvalue weighted by Crippen LogP contribution is -2.16. The fourth-order valence-electron chi connectivity index (χ4n) is 1.22. The average Bonchev–Trinajstić information content (AvgIpc) is 2.26. The molecule has 0 spiro atoms. The maximum atomic E-state index is 10.9. The summed E-state index contributed by atoms with van der Waals surface area (Å²) in [6.45, 7) is 0.0415. The molecule has 0 aliphatic carbocycles. The van der Waals surface area contributed by atoms with Crippen LogP contribution in [0.3, 0.4) is 0 Å². The molecule has 1 aromatic rings. The largest absolute Gasteiger partial charge is 0.367 e. The van der Waals surface area contributed by atoms with Gasteiger partial charge in [-0.2, -0.15) is 0 Å². The molecule has 0 aromatic carbocycles. The van der Waals surface area contributed by atoms with Crippen LogP contribution < -0.4 is 10.6 Å². The monoisotopic (exact) mass is 275 g/mol. The van der Waals surface area contributed by atoms with Gasteiger partial charge in [-0.05, 0) is 0 Å². The molecule has 1 rings (SSSR count).